The van der Waals surface area contributed by atoms with Crippen molar-refractivity contribution in [3.63, 3.8) is 0 Å². The highest BCUT2D eigenvalue weighted by Gasteiger charge is 2.10. The third-order valence-electron chi connectivity index (χ3n) is 2.71. The molecule has 0 heterocycles. The van der Waals surface area contributed by atoms with Gasteiger partial charge in [0.05, 0.1) is 12.1 Å². The van der Waals surface area contributed by atoms with Crippen LogP contribution in [-0.4, -0.2) is 38.6 Å². The third-order valence-corrected chi connectivity index (χ3v) is 2.71. The Labute approximate surface area is 97.9 Å². The molecule has 1 unspecified atom stereocenters. The van der Waals surface area contributed by atoms with E-state index in [-0.39, 0.29) is 6.04 Å². The number of anilines is 1. The molecule has 0 saturated heterocycles. The molecule has 0 amide bonds. The van der Waals surface area contributed by atoms with E-state index in [1.165, 1.54) is 5.69 Å². The first-order valence-electron chi connectivity index (χ1n) is 5.47. The van der Waals surface area contributed by atoms with Gasteiger partial charge in [-0.2, -0.15) is 5.26 Å². The number of nitrogens with zero attached hydrogens (tertiary/aromatic N) is 3. The summed E-state index contributed by atoms with van der Waals surface area (Å²) < 4.78 is 0. The average molecular weight is 217 g/mol. The molecule has 0 saturated carbocycles. The molecule has 0 radical (unpaired) electrons. The van der Waals surface area contributed by atoms with Crippen LogP contribution in [-0.2, 0) is 0 Å². The summed E-state index contributed by atoms with van der Waals surface area (Å²) in [7, 11) is 5.94. The van der Waals surface area contributed by atoms with Crippen molar-refractivity contribution in [2.24, 2.45) is 0 Å². The van der Waals surface area contributed by atoms with Crippen molar-refractivity contribution in [1.29, 1.82) is 5.26 Å². The average Bonchev–Trinajstić information content (AvgIpc) is 2.30. The summed E-state index contributed by atoms with van der Waals surface area (Å²) in [4.78, 5) is 4.13. The maximum absolute atomic E-state index is 8.97. The van der Waals surface area contributed by atoms with Gasteiger partial charge in [0.2, 0.25) is 0 Å². The van der Waals surface area contributed by atoms with Crippen LogP contribution in [0, 0.1) is 11.3 Å². The number of hydrogen-bond donors (Lipinski definition) is 0. The monoisotopic (exact) mass is 217 g/mol. The molecule has 0 aliphatic rings. The minimum absolute atomic E-state index is 0.00818. The van der Waals surface area contributed by atoms with Gasteiger partial charge >= 0.3 is 0 Å². The van der Waals surface area contributed by atoms with Crippen molar-refractivity contribution < 1.29 is 0 Å². The molecule has 1 rings (SSSR count). The normalized spacial score (nSPS) is 12.2. The van der Waals surface area contributed by atoms with Crippen LogP contribution in [0.1, 0.15) is 6.42 Å². The fourth-order valence-electron chi connectivity index (χ4n) is 1.57. The highest BCUT2D eigenvalue weighted by Crippen LogP contribution is 2.12. The van der Waals surface area contributed by atoms with E-state index in [1.807, 2.05) is 37.2 Å². The lowest BCUT2D eigenvalue weighted by Crippen LogP contribution is -2.31. The zero-order chi connectivity index (χ0) is 12.0. The maximum atomic E-state index is 8.97. The first kappa shape index (κ1) is 12.5. The fourth-order valence-corrected chi connectivity index (χ4v) is 1.57. The summed E-state index contributed by atoms with van der Waals surface area (Å²) in [6.07, 6.45) is 0.856. The SMILES string of the molecule is CN(CCC(C#N)N(C)C)c1ccccc1. The van der Waals surface area contributed by atoms with Gasteiger partial charge in [0.15, 0.2) is 0 Å². The predicted molar refractivity (Wildman–Crippen MR) is 67.4 cm³/mol. The smallest absolute Gasteiger partial charge is 0.0989 e. The summed E-state index contributed by atoms with van der Waals surface area (Å²) in [6.45, 7) is 0.889. The standard InChI is InChI=1S/C13H19N3/c1-15(2)13(11-14)9-10-16(3)12-7-5-4-6-8-12/h4-8,13H,9-10H2,1-3H3. The van der Waals surface area contributed by atoms with Crippen LogP contribution in [0.15, 0.2) is 30.3 Å². The largest absolute Gasteiger partial charge is 0.375 e. The lowest BCUT2D eigenvalue weighted by molar-refractivity contribution is 0.337. The molecule has 1 aromatic rings. The second-order valence-electron chi connectivity index (χ2n) is 4.15. The van der Waals surface area contributed by atoms with Crippen LogP contribution < -0.4 is 4.90 Å². The maximum Gasteiger partial charge on any atom is 0.0989 e. The van der Waals surface area contributed by atoms with Gasteiger partial charge in [0.1, 0.15) is 0 Å². The first-order valence-corrected chi connectivity index (χ1v) is 5.47. The van der Waals surface area contributed by atoms with Crippen LogP contribution >= 0.6 is 0 Å². The van der Waals surface area contributed by atoms with E-state index in [4.69, 9.17) is 5.26 Å². The van der Waals surface area contributed by atoms with Gasteiger partial charge < -0.3 is 4.90 Å². The molecule has 0 aromatic heterocycles. The second-order valence-corrected chi connectivity index (χ2v) is 4.15. The molecule has 0 spiro atoms. The van der Waals surface area contributed by atoms with Crippen molar-refractivity contribution in [3.8, 4) is 6.07 Å². The molecular weight excluding hydrogens is 198 g/mol. The van der Waals surface area contributed by atoms with Crippen molar-refractivity contribution in [2.45, 2.75) is 12.5 Å². The van der Waals surface area contributed by atoms with E-state index in [0.29, 0.717) is 0 Å². The van der Waals surface area contributed by atoms with Crippen LogP contribution in [0.5, 0.6) is 0 Å². The highest BCUT2D eigenvalue weighted by atomic mass is 15.1. The minimum Gasteiger partial charge on any atom is -0.375 e. The Balaban J connectivity index is 2.47. The summed E-state index contributed by atoms with van der Waals surface area (Å²) in [5.74, 6) is 0. The summed E-state index contributed by atoms with van der Waals surface area (Å²) in [5.41, 5.74) is 1.19. The second kappa shape index (κ2) is 6.14. The molecule has 16 heavy (non-hydrogen) atoms. The van der Waals surface area contributed by atoms with Gasteiger partial charge in [-0.25, -0.2) is 0 Å². The molecule has 1 aromatic carbocycles. The predicted octanol–water partition coefficient (Wildman–Crippen LogP) is 1.97. The molecule has 0 aliphatic heterocycles. The lowest BCUT2D eigenvalue weighted by atomic mass is 10.2. The van der Waals surface area contributed by atoms with E-state index in [9.17, 15) is 0 Å². The summed E-state index contributed by atoms with van der Waals surface area (Å²) >= 11 is 0. The van der Waals surface area contributed by atoms with Crippen LogP contribution in [0.3, 0.4) is 0 Å². The number of rotatable bonds is 5. The van der Waals surface area contributed by atoms with Gasteiger partial charge in [-0.05, 0) is 32.6 Å². The first-order chi connectivity index (χ1) is 7.65. The number of para-hydroxylation sites is 1. The highest BCUT2D eigenvalue weighted by molar-refractivity contribution is 5.44. The molecule has 1 atom stereocenters. The topological polar surface area (TPSA) is 30.3 Å². The van der Waals surface area contributed by atoms with Crippen LogP contribution in [0.2, 0.25) is 0 Å². The van der Waals surface area contributed by atoms with Crippen LogP contribution in [0.25, 0.3) is 0 Å². The van der Waals surface area contributed by atoms with E-state index >= 15 is 0 Å². The van der Waals surface area contributed by atoms with E-state index in [0.717, 1.165) is 13.0 Å². The number of hydrogen-bond acceptors (Lipinski definition) is 3. The Hall–Kier alpha value is -1.53. The van der Waals surface area contributed by atoms with E-state index in [2.05, 4.69) is 30.1 Å². The zero-order valence-corrected chi connectivity index (χ0v) is 10.2. The molecule has 86 valence electrons. The summed E-state index contributed by atoms with van der Waals surface area (Å²) in [6, 6.07) is 12.5. The van der Waals surface area contributed by atoms with Gasteiger partial charge in [0, 0.05) is 19.3 Å². The Morgan fingerprint density at radius 3 is 2.31 bits per heavy atom. The molecule has 0 bridgehead atoms. The van der Waals surface area contributed by atoms with Gasteiger partial charge in [-0.3, -0.25) is 4.90 Å². The van der Waals surface area contributed by atoms with E-state index in [1.54, 1.807) is 0 Å². The zero-order valence-electron chi connectivity index (χ0n) is 10.2. The van der Waals surface area contributed by atoms with E-state index < -0.39 is 0 Å². The summed E-state index contributed by atoms with van der Waals surface area (Å²) in [5, 5.41) is 8.97. The Morgan fingerprint density at radius 2 is 1.81 bits per heavy atom. The molecular formula is C13H19N3. The minimum atomic E-state index is -0.00818. The Bertz CT molecular complexity index is 340. The van der Waals surface area contributed by atoms with Crippen molar-refractivity contribution in [3.05, 3.63) is 30.3 Å². The van der Waals surface area contributed by atoms with Crippen molar-refractivity contribution >= 4 is 5.69 Å². The van der Waals surface area contributed by atoms with Crippen molar-refractivity contribution in [2.75, 3.05) is 32.6 Å². The third kappa shape index (κ3) is 3.56. The quantitative estimate of drug-likeness (QED) is 0.755. The van der Waals surface area contributed by atoms with Crippen LogP contribution in [0.4, 0.5) is 5.69 Å². The molecule has 0 fully saturated rings. The molecule has 3 nitrogen and oxygen atoms in total. The Kier molecular flexibility index (Phi) is 4.81. The molecule has 3 heteroatoms. The van der Waals surface area contributed by atoms with Gasteiger partial charge in [-0.1, -0.05) is 18.2 Å². The lowest BCUT2D eigenvalue weighted by Gasteiger charge is -2.23. The number of benzene rings is 1. The molecule has 0 N–H and O–H groups in total. The van der Waals surface area contributed by atoms with Crippen molar-refractivity contribution in [1.82, 2.24) is 4.90 Å². The fraction of sp³-hybridized carbons (Fsp3) is 0.462. The Morgan fingerprint density at radius 1 is 1.19 bits per heavy atom. The molecule has 0 aliphatic carbocycles. The number of nitriles is 1. The van der Waals surface area contributed by atoms with Gasteiger partial charge in [0.25, 0.3) is 0 Å². The van der Waals surface area contributed by atoms with Gasteiger partial charge in [-0.15, -0.1) is 0 Å².